The number of hydrogen-bond acceptors (Lipinski definition) is 4. The molecule has 0 radical (unpaired) electrons. The van der Waals surface area contributed by atoms with Crippen LogP contribution in [0.15, 0.2) is 0 Å². The summed E-state index contributed by atoms with van der Waals surface area (Å²) in [5, 5.41) is 43.9. The quantitative estimate of drug-likeness (QED) is 0.472. The van der Waals surface area contributed by atoms with Gasteiger partial charge in [-0.15, -0.1) is 0 Å². The van der Waals surface area contributed by atoms with Gasteiger partial charge in [-0.1, -0.05) is 41.0 Å². The first kappa shape index (κ1) is 25.4. The molecule has 0 bridgehead atoms. The first-order chi connectivity index (χ1) is 15.3. The van der Waals surface area contributed by atoms with Gasteiger partial charge >= 0.3 is 5.97 Å². The average Bonchev–Trinajstić information content (AvgIpc) is 3.08. The molecular weight excluding hydrogens is 416 g/mol. The second kappa shape index (κ2) is 8.48. The highest BCUT2D eigenvalue weighted by molar-refractivity contribution is 5.69. The van der Waals surface area contributed by atoms with Crippen LogP contribution in [-0.4, -0.2) is 44.2 Å². The Morgan fingerprint density at radius 1 is 1.00 bits per heavy atom. The molecule has 0 aromatic carbocycles. The molecule has 4 fully saturated rings. The highest BCUT2D eigenvalue weighted by Gasteiger charge is 2.70. The molecular formula is C28H48O5. The Morgan fingerprint density at radius 3 is 2.27 bits per heavy atom. The lowest BCUT2D eigenvalue weighted by molar-refractivity contribution is -0.263. The number of aliphatic hydroxyl groups excluding tert-OH is 2. The largest absolute Gasteiger partial charge is 0.481 e. The van der Waals surface area contributed by atoms with Crippen molar-refractivity contribution in [1.82, 2.24) is 0 Å². The van der Waals surface area contributed by atoms with Gasteiger partial charge in [-0.2, -0.15) is 0 Å². The van der Waals surface area contributed by atoms with Crippen LogP contribution in [0, 0.1) is 58.2 Å². The van der Waals surface area contributed by atoms with Gasteiger partial charge in [0, 0.05) is 0 Å². The van der Waals surface area contributed by atoms with Crippen molar-refractivity contribution in [2.24, 2.45) is 58.2 Å². The summed E-state index contributed by atoms with van der Waals surface area (Å²) in [5.41, 5.74) is -1.08. The van der Waals surface area contributed by atoms with Gasteiger partial charge in [0.05, 0.1) is 23.7 Å². The lowest BCUT2D eigenvalue weighted by Crippen LogP contribution is -2.69. The van der Waals surface area contributed by atoms with Crippen LogP contribution in [0.2, 0.25) is 0 Å². The number of carboxylic acids is 1. The van der Waals surface area contributed by atoms with E-state index in [-0.39, 0.29) is 64.3 Å². The summed E-state index contributed by atoms with van der Waals surface area (Å²) in [6, 6.07) is 0. The van der Waals surface area contributed by atoms with E-state index in [1.165, 1.54) is 0 Å². The van der Waals surface area contributed by atoms with E-state index in [0.717, 1.165) is 38.5 Å². The molecule has 3 unspecified atom stereocenters. The molecule has 0 aromatic rings. The van der Waals surface area contributed by atoms with Crippen LogP contribution in [0.25, 0.3) is 0 Å². The maximum absolute atomic E-state index is 12.2. The Kier molecular flexibility index (Phi) is 6.54. The number of aliphatic hydroxyl groups is 3. The summed E-state index contributed by atoms with van der Waals surface area (Å²) in [6.07, 6.45) is 6.10. The van der Waals surface area contributed by atoms with Gasteiger partial charge < -0.3 is 20.4 Å². The molecule has 0 spiro atoms. The highest BCUT2D eigenvalue weighted by atomic mass is 16.4. The molecule has 5 heteroatoms. The molecule has 0 aliphatic heterocycles. The summed E-state index contributed by atoms with van der Waals surface area (Å²) in [5.74, 6) is 0.447. The van der Waals surface area contributed by atoms with Crippen LogP contribution in [0.3, 0.4) is 0 Å². The molecule has 0 aromatic heterocycles. The molecule has 33 heavy (non-hydrogen) atoms. The topological polar surface area (TPSA) is 98.0 Å². The van der Waals surface area contributed by atoms with Gasteiger partial charge in [-0.05, 0) is 104 Å². The van der Waals surface area contributed by atoms with Crippen LogP contribution in [-0.2, 0) is 4.79 Å². The maximum Gasteiger partial charge on any atom is 0.306 e. The summed E-state index contributed by atoms with van der Waals surface area (Å²) >= 11 is 0. The summed E-state index contributed by atoms with van der Waals surface area (Å²) in [6.45, 7) is 12.8. The average molecular weight is 465 g/mol. The van der Waals surface area contributed by atoms with E-state index in [1.807, 2.05) is 0 Å². The van der Waals surface area contributed by atoms with Gasteiger partial charge in [-0.3, -0.25) is 4.79 Å². The summed E-state index contributed by atoms with van der Waals surface area (Å²) < 4.78 is 0. The molecule has 13 atom stereocenters. The zero-order valence-electron chi connectivity index (χ0n) is 21.6. The minimum atomic E-state index is -0.820. The maximum atomic E-state index is 12.2. The van der Waals surface area contributed by atoms with E-state index in [1.54, 1.807) is 6.92 Å². The lowest BCUT2D eigenvalue weighted by atomic mass is 9.38. The van der Waals surface area contributed by atoms with Crippen molar-refractivity contribution in [1.29, 1.82) is 0 Å². The summed E-state index contributed by atoms with van der Waals surface area (Å²) in [7, 11) is 0. The predicted molar refractivity (Wildman–Crippen MR) is 128 cm³/mol. The molecule has 0 heterocycles. The van der Waals surface area contributed by atoms with Gasteiger partial charge in [0.2, 0.25) is 0 Å². The second-order valence-electron chi connectivity index (χ2n) is 13.3. The predicted octanol–water partition coefficient (Wildman–Crippen LogP) is 4.72. The van der Waals surface area contributed by atoms with Gasteiger partial charge in [0.1, 0.15) is 0 Å². The Bertz CT molecular complexity index is 751. The molecule has 4 saturated carbocycles. The number of carbonyl (C=O) groups is 1. The monoisotopic (exact) mass is 464 g/mol. The van der Waals surface area contributed by atoms with Gasteiger partial charge in [0.25, 0.3) is 0 Å². The van der Waals surface area contributed by atoms with Crippen molar-refractivity contribution in [2.45, 2.75) is 111 Å². The van der Waals surface area contributed by atoms with Crippen molar-refractivity contribution in [3.63, 3.8) is 0 Å². The number of fused-ring (bicyclic) bond motifs is 5. The first-order valence-electron chi connectivity index (χ1n) is 13.6. The van der Waals surface area contributed by atoms with Gasteiger partial charge in [-0.25, -0.2) is 0 Å². The lowest BCUT2D eigenvalue weighted by Gasteiger charge is -2.68. The zero-order valence-corrected chi connectivity index (χ0v) is 21.6. The Hall–Kier alpha value is -0.650. The fourth-order valence-electron chi connectivity index (χ4n) is 10.2. The molecule has 4 rings (SSSR count). The normalized spacial score (nSPS) is 53.5. The third-order valence-corrected chi connectivity index (χ3v) is 11.9. The van der Waals surface area contributed by atoms with E-state index in [9.17, 15) is 25.2 Å². The molecule has 4 aliphatic carbocycles. The molecule has 5 nitrogen and oxygen atoms in total. The van der Waals surface area contributed by atoms with Crippen molar-refractivity contribution < 1.29 is 25.2 Å². The van der Waals surface area contributed by atoms with Crippen LogP contribution < -0.4 is 0 Å². The second-order valence-corrected chi connectivity index (χ2v) is 13.3. The number of carboxylic acid groups (broad SMARTS) is 1. The van der Waals surface area contributed by atoms with E-state index in [2.05, 4.69) is 34.6 Å². The minimum Gasteiger partial charge on any atom is -0.481 e. The first-order valence-corrected chi connectivity index (χ1v) is 13.6. The third kappa shape index (κ3) is 3.62. The van der Waals surface area contributed by atoms with E-state index < -0.39 is 17.7 Å². The van der Waals surface area contributed by atoms with Crippen molar-refractivity contribution in [3.05, 3.63) is 0 Å². The van der Waals surface area contributed by atoms with E-state index in [4.69, 9.17) is 0 Å². The van der Waals surface area contributed by atoms with Crippen molar-refractivity contribution in [3.8, 4) is 0 Å². The fourth-order valence-corrected chi connectivity index (χ4v) is 10.2. The van der Waals surface area contributed by atoms with Crippen LogP contribution in [0.5, 0.6) is 0 Å². The molecule has 0 saturated heterocycles. The number of aliphatic carboxylic acids is 1. The number of rotatable bonds is 5. The summed E-state index contributed by atoms with van der Waals surface area (Å²) in [4.78, 5) is 11.5. The van der Waals surface area contributed by atoms with E-state index >= 15 is 0 Å². The Labute approximate surface area is 200 Å². The number of hydrogen-bond donors (Lipinski definition) is 4. The minimum absolute atomic E-state index is 0.0383. The molecule has 4 N–H and O–H groups in total. The highest BCUT2D eigenvalue weighted by Crippen LogP contribution is 2.71. The van der Waals surface area contributed by atoms with Crippen LogP contribution in [0.4, 0.5) is 0 Å². The van der Waals surface area contributed by atoms with Crippen LogP contribution in [0.1, 0.15) is 92.9 Å². The standard InChI is InChI=1S/C28H48O5/c1-7-18-21-13-17(29)10-11-26(21,4)22-14-23(30)27(5)19(15(2)12-16(3)25(31)32)8-9-20(27)24(22)28(18,6)33/h15-24,29-30,33H,7-14H2,1-6H3,(H,31,32)/t15-,16+,17+,18+,19+,20?,21-,22?,23-,24?,26-,27+,28+/m0/s1. The zero-order chi connectivity index (χ0) is 24.5. The Morgan fingerprint density at radius 2 is 1.67 bits per heavy atom. The van der Waals surface area contributed by atoms with Crippen molar-refractivity contribution in [2.75, 3.05) is 0 Å². The Balaban J connectivity index is 1.71. The SMILES string of the molecule is CC[C@@H]1[C@@H]2C[C@H](O)CC[C@]2(C)C2C[C@H](O)[C@@]3(C)C(CC[C@@H]3[C@@H](C)C[C@@H](C)C(=O)O)C2[C@]1(C)O. The van der Waals surface area contributed by atoms with Crippen LogP contribution >= 0.6 is 0 Å². The smallest absolute Gasteiger partial charge is 0.306 e. The molecule has 0 amide bonds. The molecule has 190 valence electrons. The third-order valence-electron chi connectivity index (χ3n) is 11.9. The van der Waals surface area contributed by atoms with Crippen molar-refractivity contribution >= 4 is 5.97 Å². The fraction of sp³-hybridized carbons (Fsp3) is 0.964. The molecule has 4 aliphatic rings. The van der Waals surface area contributed by atoms with Gasteiger partial charge in [0.15, 0.2) is 0 Å². The van der Waals surface area contributed by atoms with E-state index in [0.29, 0.717) is 12.8 Å².